The van der Waals surface area contributed by atoms with Gasteiger partial charge < -0.3 is 22.5 Å². The minimum Gasteiger partial charge on any atom is -1.00 e. The third kappa shape index (κ3) is 4.27. The summed E-state index contributed by atoms with van der Waals surface area (Å²) in [7, 11) is 3.42. The lowest BCUT2D eigenvalue weighted by atomic mass is 10.3. The van der Waals surface area contributed by atoms with Crippen molar-refractivity contribution in [3.05, 3.63) is 30.1 Å². The van der Waals surface area contributed by atoms with E-state index in [2.05, 4.69) is 5.16 Å². The van der Waals surface area contributed by atoms with Crippen molar-refractivity contribution >= 4 is 12.1 Å². The van der Waals surface area contributed by atoms with Gasteiger partial charge in [0.25, 0.3) is 5.91 Å². The van der Waals surface area contributed by atoms with E-state index in [1.54, 1.807) is 43.2 Å². The number of likely N-dealkylation sites (N-methyl/N-ethyl adjacent to an activating group) is 1. The predicted molar refractivity (Wildman–Crippen MR) is 54.7 cm³/mol. The van der Waals surface area contributed by atoms with Gasteiger partial charge >= 0.3 is 0 Å². The lowest BCUT2D eigenvalue weighted by Crippen LogP contribution is -3.00. The average molecular weight is 244 g/mol. The summed E-state index contributed by atoms with van der Waals surface area (Å²) in [6.07, 6.45) is 4.84. The van der Waals surface area contributed by atoms with Crippen molar-refractivity contribution in [2.24, 2.45) is 5.16 Å². The van der Waals surface area contributed by atoms with Crippen LogP contribution in [0.4, 0.5) is 0 Å². The van der Waals surface area contributed by atoms with Gasteiger partial charge in [-0.2, -0.15) is 4.57 Å². The normalized spacial score (nSPS) is 9.88. The Labute approximate surface area is 100 Å². The van der Waals surface area contributed by atoms with E-state index >= 15 is 0 Å². The van der Waals surface area contributed by atoms with Crippen LogP contribution in [0.25, 0.3) is 0 Å². The molecule has 0 bridgehead atoms. The van der Waals surface area contributed by atoms with Gasteiger partial charge in [0.05, 0.1) is 11.8 Å². The molecule has 0 fully saturated rings. The highest BCUT2D eigenvalue weighted by molar-refractivity contribution is 5.78. The number of halogens is 1. The number of rotatable bonds is 3. The standard InChI is InChI=1S/C10H13N3O2.ClH/c1-12(2)10(14)8-13-5-3-4-9(7-13)6-11-15;/h3-7H,8H2,1-2H3;1H. The number of amides is 1. The van der Waals surface area contributed by atoms with Crippen molar-refractivity contribution in [3.8, 4) is 0 Å². The van der Waals surface area contributed by atoms with Crippen LogP contribution in [-0.4, -0.2) is 36.3 Å². The molecular formula is C10H14ClN3O2. The monoisotopic (exact) mass is 243 g/mol. The Morgan fingerprint density at radius 1 is 1.62 bits per heavy atom. The second kappa shape index (κ2) is 6.79. The molecule has 0 aromatic carbocycles. The highest BCUT2D eigenvalue weighted by atomic mass is 35.5. The summed E-state index contributed by atoms with van der Waals surface area (Å²) < 4.78 is 1.74. The number of hydrogen-bond donors (Lipinski definition) is 1. The maximum absolute atomic E-state index is 11.4. The van der Waals surface area contributed by atoms with Gasteiger partial charge in [-0.05, 0) is 6.07 Å². The van der Waals surface area contributed by atoms with Gasteiger partial charge in [-0.15, -0.1) is 0 Å². The molecule has 88 valence electrons. The first kappa shape index (κ1) is 14.4. The van der Waals surface area contributed by atoms with E-state index < -0.39 is 0 Å². The first-order valence-electron chi connectivity index (χ1n) is 4.50. The molecule has 0 aliphatic rings. The van der Waals surface area contributed by atoms with E-state index in [4.69, 9.17) is 5.21 Å². The molecule has 1 heterocycles. The van der Waals surface area contributed by atoms with Gasteiger partial charge in [0.15, 0.2) is 12.4 Å². The van der Waals surface area contributed by atoms with E-state index in [0.717, 1.165) is 5.56 Å². The summed E-state index contributed by atoms with van der Waals surface area (Å²) in [6, 6.07) is 3.58. The van der Waals surface area contributed by atoms with Crippen LogP contribution in [0, 0.1) is 0 Å². The van der Waals surface area contributed by atoms with Crippen LogP contribution in [0.15, 0.2) is 29.7 Å². The van der Waals surface area contributed by atoms with Gasteiger partial charge in [-0.1, -0.05) is 5.16 Å². The molecule has 0 aliphatic carbocycles. The Morgan fingerprint density at radius 3 is 2.88 bits per heavy atom. The topological polar surface area (TPSA) is 56.8 Å². The molecule has 16 heavy (non-hydrogen) atoms. The number of hydrogen-bond acceptors (Lipinski definition) is 3. The van der Waals surface area contributed by atoms with Crippen LogP contribution in [0.5, 0.6) is 0 Å². The summed E-state index contributed by atoms with van der Waals surface area (Å²) in [5, 5.41) is 11.3. The molecule has 0 spiro atoms. The third-order valence-corrected chi connectivity index (χ3v) is 1.90. The minimum absolute atomic E-state index is 0. The van der Waals surface area contributed by atoms with Crippen LogP contribution < -0.4 is 17.0 Å². The van der Waals surface area contributed by atoms with Crippen molar-refractivity contribution < 1.29 is 27.0 Å². The Kier molecular flexibility index (Phi) is 6.10. The molecule has 0 radical (unpaired) electrons. The third-order valence-electron chi connectivity index (χ3n) is 1.90. The van der Waals surface area contributed by atoms with E-state index in [9.17, 15) is 4.79 Å². The SMILES string of the molecule is CN(C)C(=O)C[n+]1cccc(C=NO)c1.[Cl-]. The maximum Gasteiger partial charge on any atom is 0.288 e. The Hall–Kier alpha value is -1.62. The van der Waals surface area contributed by atoms with Crippen molar-refractivity contribution in [2.75, 3.05) is 14.1 Å². The van der Waals surface area contributed by atoms with Gasteiger partial charge in [0, 0.05) is 20.2 Å². The number of nitrogens with zero attached hydrogens (tertiary/aromatic N) is 3. The molecule has 1 amide bonds. The molecule has 0 saturated carbocycles. The van der Waals surface area contributed by atoms with E-state index in [-0.39, 0.29) is 24.9 Å². The second-order valence-corrected chi connectivity index (χ2v) is 3.34. The fraction of sp³-hybridized carbons (Fsp3) is 0.300. The molecule has 6 heteroatoms. The van der Waals surface area contributed by atoms with Crippen LogP contribution in [0.3, 0.4) is 0 Å². The number of aromatic nitrogens is 1. The molecule has 0 saturated heterocycles. The quantitative estimate of drug-likeness (QED) is 0.264. The zero-order valence-electron chi connectivity index (χ0n) is 9.17. The lowest BCUT2D eigenvalue weighted by molar-refractivity contribution is -0.685. The summed E-state index contributed by atoms with van der Waals surface area (Å²) in [5.41, 5.74) is 0.742. The smallest absolute Gasteiger partial charge is 0.288 e. The number of pyridine rings is 1. The lowest BCUT2D eigenvalue weighted by Gasteiger charge is -2.06. The molecule has 1 N–H and O–H groups in total. The Bertz CT molecular complexity index is 380. The first-order chi connectivity index (χ1) is 7.13. The van der Waals surface area contributed by atoms with Crippen molar-refractivity contribution in [2.45, 2.75) is 6.54 Å². The zero-order valence-corrected chi connectivity index (χ0v) is 9.92. The van der Waals surface area contributed by atoms with Crippen LogP contribution >= 0.6 is 0 Å². The van der Waals surface area contributed by atoms with Gasteiger partial charge in [-0.25, -0.2) is 0 Å². The zero-order chi connectivity index (χ0) is 11.3. The number of oxime groups is 1. The average Bonchev–Trinajstić information content (AvgIpc) is 2.18. The molecule has 1 aromatic heterocycles. The fourth-order valence-corrected chi connectivity index (χ4v) is 1.08. The number of carbonyl (C=O) groups is 1. The summed E-state index contributed by atoms with van der Waals surface area (Å²) in [6.45, 7) is 0.278. The molecule has 0 aliphatic heterocycles. The fourth-order valence-electron chi connectivity index (χ4n) is 1.08. The highest BCUT2D eigenvalue weighted by Crippen LogP contribution is 1.90. The Balaban J connectivity index is 0.00000225. The molecule has 1 aromatic rings. The Morgan fingerprint density at radius 2 is 2.31 bits per heavy atom. The van der Waals surface area contributed by atoms with Crippen molar-refractivity contribution in [1.82, 2.24) is 4.90 Å². The van der Waals surface area contributed by atoms with Crippen LogP contribution in [0.2, 0.25) is 0 Å². The molecule has 5 nitrogen and oxygen atoms in total. The minimum atomic E-state index is 0. The summed E-state index contributed by atoms with van der Waals surface area (Å²) in [4.78, 5) is 12.9. The molecule has 1 rings (SSSR count). The van der Waals surface area contributed by atoms with Crippen LogP contribution in [0.1, 0.15) is 5.56 Å². The second-order valence-electron chi connectivity index (χ2n) is 3.34. The molecular weight excluding hydrogens is 230 g/mol. The van der Waals surface area contributed by atoms with Gasteiger partial charge in [0.1, 0.15) is 0 Å². The highest BCUT2D eigenvalue weighted by Gasteiger charge is 2.10. The van der Waals surface area contributed by atoms with E-state index in [0.29, 0.717) is 0 Å². The summed E-state index contributed by atoms with van der Waals surface area (Å²) >= 11 is 0. The number of carbonyl (C=O) groups excluding carboxylic acids is 1. The van der Waals surface area contributed by atoms with Crippen molar-refractivity contribution in [3.63, 3.8) is 0 Å². The largest absolute Gasteiger partial charge is 1.00 e. The summed E-state index contributed by atoms with van der Waals surface area (Å²) in [5.74, 6) is 0.0121. The molecule has 0 unspecified atom stereocenters. The van der Waals surface area contributed by atoms with Crippen LogP contribution in [-0.2, 0) is 11.3 Å². The van der Waals surface area contributed by atoms with Crippen molar-refractivity contribution in [1.29, 1.82) is 0 Å². The maximum atomic E-state index is 11.4. The van der Waals surface area contributed by atoms with Gasteiger partial charge in [0.2, 0.25) is 6.54 Å². The predicted octanol–water partition coefficient (Wildman–Crippen LogP) is -3.13. The van der Waals surface area contributed by atoms with E-state index in [1.165, 1.54) is 11.1 Å². The van der Waals surface area contributed by atoms with E-state index in [1.807, 2.05) is 0 Å². The molecule has 0 atom stereocenters. The van der Waals surface area contributed by atoms with Gasteiger partial charge in [-0.3, -0.25) is 4.79 Å². The first-order valence-corrected chi connectivity index (χ1v) is 4.50.